The number of methoxy groups -OCH3 is 1. The van der Waals surface area contributed by atoms with Crippen molar-refractivity contribution in [3.05, 3.63) is 40.0 Å². The SMILES string of the molecule is COc1cccc(-c2csc3c(=O)[nH]c(N4CCC[C@H](C(=O)NC5CC5)C4)nc23)c1. The zero-order valence-electron chi connectivity index (χ0n) is 16.8. The second kappa shape index (κ2) is 7.75. The summed E-state index contributed by atoms with van der Waals surface area (Å²) in [6, 6.07) is 8.12. The molecule has 0 bridgehead atoms. The third kappa shape index (κ3) is 3.67. The highest BCUT2D eigenvalue weighted by atomic mass is 32.1. The Morgan fingerprint density at radius 3 is 3.00 bits per heavy atom. The molecule has 1 aliphatic carbocycles. The summed E-state index contributed by atoms with van der Waals surface area (Å²) in [5.41, 5.74) is 2.43. The van der Waals surface area contributed by atoms with Crippen LogP contribution in [0.15, 0.2) is 34.4 Å². The van der Waals surface area contributed by atoms with E-state index in [1.807, 2.05) is 34.5 Å². The van der Waals surface area contributed by atoms with E-state index in [0.29, 0.717) is 28.8 Å². The predicted octanol–water partition coefficient (Wildman–Crippen LogP) is 3.16. The van der Waals surface area contributed by atoms with Gasteiger partial charge in [-0.25, -0.2) is 4.98 Å². The van der Waals surface area contributed by atoms with Crippen LogP contribution >= 0.6 is 11.3 Å². The number of nitrogens with one attached hydrogen (secondary N) is 2. The van der Waals surface area contributed by atoms with Gasteiger partial charge in [0.1, 0.15) is 10.4 Å². The Balaban J connectivity index is 1.47. The van der Waals surface area contributed by atoms with Crippen molar-refractivity contribution in [1.29, 1.82) is 0 Å². The van der Waals surface area contributed by atoms with Crippen LogP contribution in [0.1, 0.15) is 25.7 Å². The molecule has 0 unspecified atom stereocenters. The highest BCUT2D eigenvalue weighted by Crippen LogP contribution is 2.33. The van der Waals surface area contributed by atoms with E-state index in [0.717, 1.165) is 49.1 Å². The van der Waals surface area contributed by atoms with Gasteiger partial charge < -0.3 is 15.0 Å². The van der Waals surface area contributed by atoms with E-state index >= 15 is 0 Å². The van der Waals surface area contributed by atoms with Gasteiger partial charge in [-0.3, -0.25) is 14.6 Å². The second-order valence-corrected chi connectivity index (χ2v) is 8.90. The topological polar surface area (TPSA) is 87.3 Å². The van der Waals surface area contributed by atoms with Gasteiger partial charge in [0.25, 0.3) is 5.56 Å². The van der Waals surface area contributed by atoms with Gasteiger partial charge in [0.2, 0.25) is 11.9 Å². The van der Waals surface area contributed by atoms with Crippen LogP contribution in [0, 0.1) is 5.92 Å². The van der Waals surface area contributed by atoms with Crippen molar-refractivity contribution in [2.45, 2.75) is 31.7 Å². The fourth-order valence-corrected chi connectivity index (χ4v) is 4.90. The van der Waals surface area contributed by atoms with Gasteiger partial charge in [-0.05, 0) is 43.4 Å². The first kappa shape index (κ1) is 19.1. The minimum atomic E-state index is -0.140. The molecule has 1 aliphatic heterocycles. The number of carbonyl (C=O) groups excluding carboxylic acids is 1. The smallest absolute Gasteiger partial charge is 0.270 e. The molecule has 1 saturated heterocycles. The molecule has 0 spiro atoms. The van der Waals surface area contributed by atoms with Crippen molar-refractivity contribution in [3.63, 3.8) is 0 Å². The summed E-state index contributed by atoms with van der Waals surface area (Å²) in [6.07, 6.45) is 3.93. The van der Waals surface area contributed by atoms with Crippen LogP contribution in [0.5, 0.6) is 5.75 Å². The number of piperidine rings is 1. The van der Waals surface area contributed by atoms with Gasteiger partial charge >= 0.3 is 0 Å². The Kier molecular flexibility index (Phi) is 4.94. The Hall–Kier alpha value is -2.87. The number of H-pyrrole nitrogens is 1. The van der Waals surface area contributed by atoms with E-state index in [9.17, 15) is 9.59 Å². The standard InChI is InChI=1S/C22H24N4O3S/c1-29-16-6-2-4-13(10-16)17-12-30-19-18(17)24-22(25-21(19)28)26-9-3-5-14(11-26)20(27)23-15-7-8-15/h2,4,6,10,12,14-15H,3,5,7-9,11H2,1H3,(H,23,27)(H,24,25,28)/t14-/m0/s1. The molecule has 1 atom stereocenters. The van der Waals surface area contributed by atoms with Crippen LogP contribution in [0.2, 0.25) is 0 Å². The highest BCUT2D eigenvalue weighted by Gasteiger charge is 2.31. The Bertz CT molecular complexity index is 1150. The number of aromatic nitrogens is 2. The fourth-order valence-electron chi connectivity index (χ4n) is 3.99. The molecule has 2 aromatic heterocycles. The van der Waals surface area contributed by atoms with Crippen LogP contribution in [-0.4, -0.2) is 42.1 Å². The lowest BCUT2D eigenvalue weighted by molar-refractivity contribution is -0.125. The van der Waals surface area contributed by atoms with Gasteiger partial charge in [0.05, 0.1) is 18.5 Å². The molecular formula is C22H24N4O3S. The molecule has 30 heavy (non-hydrogen) atoms. The van der Waals surface area contributed by atoms with Crippen molar-refractivity contribution in [3.8, 4) is 16.9 Å². The Morgan fingerprint density at radius 2 is 2.20 bits per heavy atom. The molecule has 1 amide bonds. The first-order valence-electron chi connectivity index (χ1n) is 10.3. The lowest BCUT2D eigenvalue weighted by Gasteiger charge is -2.32. The number of anilines is 1. The van der Waals surface area contributed by atoms with Gasteiger partial charge in [0.15, 0.2) is 0 Å². The number of benzene rings is 1. The van der Waals surface area contributed by atoms with Gasteiger partial charge in [0, 0.05) is 30.1 Å². The molecule has 0 radical (unpaired) electrons. The molecule has 3 heterocycles. The number of ether oxygens (including phenoxy) is 1. The fraction of sp³-hybridized carbons (Fsp3) is 0.409. The summed E-state index contributed by atoms with van der Waals surface area (Å²) in [6.45, 7) is 1.35. The van der Waals surface area contributed by atoms with Crippen LogP contribution in [0.4, 0.5) is 5.95 Å². The zero-order valence-corrected chi connectivity index (χ0v) is 17.6. The monoisotopic (exact) mass is 424 g/mol. The van der Waals surface area contributed by atoms with Crippen LogP contribution in [0.3, 0.4) is 0 Å². The molecule has 1 aromatic carbocycles. The Labute approximate surface area is 178 Å². The third-order valence-corrected chi connectivity index (χ3v) is 6.78. The first-order valence-corrected chi connectivity index (χ1v) is 11.2. The molecular weight excluding hydrogens is 400 g/mol. The zero-order chi connectivity index (χ0) is 20.7. The number of rotatable bonds is 5. The van der Waals surface area contributed by atoms with Crippen molar-refractivity contribution >= 4 is 33.4 Å². The van der Waals surface area contributed by atoms with E-state index in [-0.39, 0.29) is 17.4 Å². The number of aromatic amines is 1. The van der Waals surface area contributed by atoms with Crippen LogP contribution in [0.25, 0.3) is 21.3 Å². The number of nitrogens with zero attached hydrogens (tertiary/aromatic N) is 2. The van der Waals surface area contributed by atoms with Crippen molar-refractivity contribution in [2.75, 3.05) is 25.1 Å². The van der Waals surface area contributed by atoms with Gasteiger partial charge in [-0.2, -0.15) is 0 Å². The lowest BCUT2D eigenvalue weighted by atomic mass is 9.97. The second-order valence-electron chi connectivity index (χ2n) is 8.02. The third-order valence-electron chi connectivity index (χ3n) is 5.81. The molecule has 2 N–H and O–H groups in total. The van der Waals surface area contributed by atoms with Crippen LogP contribution < -0.4 is 20.5 Å². The number of thiophene rings is 1. The summed E-state index contributed by atoms with van der Waals surface area (Å²) in [5.74, 6) is 1.36. The minimum Gasteiger partial charge on any atom is -0.497 e. The maximum Gasteiger partial charge on any atom is 0.270 e. The van der Waals surface area contributed by atoms with Gasteiger partial charge in [-0.15, -0.1) is 11.3 Å². The summed E-state index contributed by atoms with van der Waals surface area (Å²) in [7, 11) is 1.64. The number of hydrogen-bond donors (Lipinski definition) is 2. The predicted molar refractivity (Wildman–Crippen MR) is 118 cm³/mol. The summed E-state index contributed by atoms with van der Waals surface area (Å²) >= 11 is 1.39. The minimum absolute atomic E-state index is 0.0688. The lowest BCUT2D eigenvalue weighted by Crippen LogP contribution is -2.44. The van der Waals surface area contributed by atoms with Crippen molar-refractivity contribution in [2.24, 2.45) is 5.92 Å². The molecule has 2 fully saturated rings. The molecule has 1 saturated carbocycles. The summed E-state index contributed by atoms with van der Waals surface area (Å²) in [4.78, 5) is 35.1. The van der Waals surface area contributed by atoms with E-state index in [4.69, 9.17) is 9.72 Å². The molecule has 2 aliphatic rings. The average Bonchev–Trinajstić information content (AvgIpc) is 3.48. The largest absolute Gasteiger partial charge is 0.497 e. The molecule has 7 nitrogen and oxygen atoms in total. The number of carbonyl (C=O) groups is 1. The summed E-state index contributed by atoms with van der Waals surface area (Å²) < 4.78 is 5.95. The number of amides is 1. The summed E-state index contributed by atoms with van der Waals surface area (Å²) in [5, 5.41) is 5.07. The van der Waals surface area contributed by atoms with E-state index in [1.165, 1.54) is 11.3 Å². The maximum atomic E-state index is 12.8. The normalized spacial score (nSPS) is 19.1. The maximum absolute atomic E-state index is 12.8. The first-order chi connectivity index (χ1) is 14.6. The quantitative estimate of drug-likeness (QED) is 0.657. The Morgan fingerprint density at radius 1 is 1.33 bits per heavy atom. The number of hydrogen-bond acceptors (Lipinski definition) is 6. The molecule has 3 aromatic rings. The van der Waals surface area contributed by atoms with Crippen molar-refractivity contribution < 1.29 is 9.53 Å². The van der Waals surface area contributed by atoms with E-state index in [2.05, 4.69) is 10.3 Å². The molecule has 156 valence electrons. The molecule has 5 rings (SSSR count). The van der Waals surface area contributed by atoms with Gasteiger partial charge in [-0.1, -0.05) is 12.1 Å². The number of fused-ring (bicyclic) bond motifs is 1. The van der Waals surface area contributed by atoms with E-state index in [1.54, 1.807) is 7.11 Å². The average molecular weight is 425 g/mol. The van der Waals surface area contributed by atoms with E-state index < -0.39 is 0 Å². The molecule has 8 heteroatoms. The van der Waals surface area contributed by atoms with Crippen molar-refractivity contribution in [1.82, 2.24) is 15.3 Å². The highest BCUT2D eigenvalue weighted by molar-refractivity contribution is 7.17. The van der Waals surface area contributed by atoms with Crippen LogP contribution in [-0.2, 0) is 4.79 Å².